The van der Waals surface area contributed by atoms with E-state index in [0.717, 1.165) is 16.3 Å². The number of nitro benzene ring substituents is 1. The molecule has 0 saturated heterocycles. The number of non-ortho nitro benzene ring substituents is 1. The first-order chi connectivity index (χ1) is 13.0. The van der Waals surface area contributed by atoms with E-state index in [2.05, 4.69) is 10.3 Å². The molecule has 27 heavy (non-hydrogen) atoms. The SMILES string of the molecule is CCOc1ccc(-c2nc(CC(=O)Nc3ccc([N+](=O)[O-])cc3)cs2)cc1. The number of ether oxygens (including phenoxy) is 1. The standard InChI is InChI=1S/C19H17N3O4S/c1-2-26-17-9-3-13(4-10-17)19-21-15(12-27-19)11-18(23)20-14-5-7-16(8-6-14)22(24)25/h3-10,12H,2,11H2,1H3,(H,20,23). The molecule has 0 aliphatic heterocycles. The quantitative estimate of drug-likeness (QED) is 0.485. The molecule has 3 aromatic rings. The third kappa shape index (κ3) is 4.89. The number of thiazole rings is 1. The Balaban J connectivity index is 1.61. The van der Waals surface area contributed by atoms with Crippen molar-refractivity contribution in [3.63, 3.8) is 0 Å². The Kier molecular flexibility index (Phi) is 5.77. The number of aromatic nitrogens is 1. The Morgan fingerprint density at radius 2 is 1.89 bits per heavy atom. The van der Waals surface area contributed by atoms with E-state index < -0.39 is 4.92 Å². The van der Waals surface area contributed by atoms with E-state index in [0.29, 0.717) is 18.0 Å². The lowest BCUT2D eigenvalue weighted by molar-refractivity contribution is -0.384. The molecule has 7 nitrogen and oxygen atoms in total. The van der Waals surface area contributed by atoms with Crippen molar-refractivity contribution < 1.29 is 14.5 Å². The second-order valence-corrected chi connectivity index (χ2v) is 6.49. The van der Waals surface area contributed by atoms with Gasteiger partial charge in [0.1, 0.15) is 10.8 Å². The van der Waals surface area contributed by atoms with Crippen molar-refractivity contribution in [2.24, 2.45) is 0 Å². The monoisotopic (exact) mass is 383 g/mol. The molecule has 0 bridgehead atoms. The van der Waals surface area contributed by atoms with E-state index in [4.69, 9.17) is 4.74 Å². The molecule has 138 valence electrons. The lowest BCUT2D eigenvalue weighted by Crippen LogP contribution is -2.14. The Morgan fingerprint density at radius 1 is 1.19 bits per heavy atom. The summed E-state index contributed by atoms with van der Waals surface area (Å²) in [6.07, 6.45) is 0.129. The number of benzene rings is 2. The Hall–Kier alpha value is -3.26. The molecular formula is C19H17N3O4S. The predicted molar refractivity (Wildman–Crippen MR) is 104 cm³/mol. The molecule has 1 aromatic heterocycles. The molecule has 0 atom stereocenters. The summed E-state index contributed by atoms with van der Waals surface area (Å²) in [6, 6.07) is 13.4. The average Bonchev–Trinajstić information content (AvgIpc) is 3.11. The van der Waals surface area contributed by atoms with Crippen LogP contribution in [-0.4, -0.2) is 22.4 Å². The van der Waals surface area contributed by atoms with Crippen LogP contribution in [0.25, 0.3) is 10.6 Å². The Morgan fingerprint density at radius 3 is 2.52 bits per heavy atom. The fourth-order valence-electron chi connectivity index (χ4n) is 2.42. The van der Waals surface area contributed by atoms with Crippen LogP contribution in [0.15, 0.2) is 53.9 Å². The Bertz CT molecular complexity index is 936. The van der Waals surface area contributed by atoms with Gasteiger partial charge in [-0.05, 0) is 43.3 Å². The molecule has 1 heterocycles. The van der Waals surface area contributed by atoms with Gasteiger partial charge in [0.2, 0.25) is 5.91 Å². The van der Waals surface area contributed by atoms with Crippen molar-refractivity contribution in [1.82, 2.24) is 4.98 Å². The van der Waals surface area contributed by atoms with Crippen LogP contribution in [0.3, 0.4) is 0 Å². The van der Waals surface area contributed by atoms with Crippen LogP contribution in [0.2, 0.25) is 0 Å². The number of amides is 1. The maximum Gasteiger partial charge on any atom is 0.269 e. The van der Waals surface area contributed by atoms with E-state index in [-0.39, 0.29) is 18.0 Å². The van der Waals surface area contributed by atoms with Gasteiger partial charge < -0.3 is 10.1 Å². The fraction of sp³-hybridized carbons (Fsp3) is 0.158. The van der Waals surface area contributed by atoms with Crippen molar-refractivity contribution in [1.29, 1.82) is 0 Å². The smallest absolute Gasteiger partial charge is 0.269 e. The van der Waals surface area contributed by atoms with E-state index >= 15 is 0 Å². The third-order valence-electron chi connectivity index (χ3n) is 3.67. The first-order valence-electron chi connectivity index (χ1n) is 8.27. The van der Waals surface area contributed by atoms with Gasteiger partial charge in [0, 0.05) is 28.8 Å². The molecule has 1 amide bonds. The van der Waals surface area contributed by atoms with E-state index in [1.54, 1.807) is 0 Å². The maximum atomic E-state index is 12.2. The molecule has 0 aliphatic rings. The summed E-state index contributed by atoms with van der Waals surface area (Å²) < 4.78 is 5.42. The van der Waals surface area contributed by atoms with E-state index in [1.807, 2.05) is 36.6 Å². The van der Waals surface area contributed by atoms with Crippen molar-refractivity contribution in [3.8, 4) is 16.3 Å². The normalized spacial score (nSPS) is 10.4. The second kappa shape index (κ2) is 8.41. The number of rotatable bonds is 7. The number of nitro groups is 1. The van der Waals surface area contributed by atoms with Crippen LogP contribution in [0, 0.1) is 10.1 Å². The van der Waals surface area contributed by atoms with Crippen molar-refractivity contribution in [3.05, 3.63) is 69.7 Å². The summed E-state index contributed by atoms with van der Waals surface area (Å²) in [5, 5.41) is 16.0. The molecule has 8 heteroatoms. The third-order valence-corrected chi connectivity index (χ3v) is 4.61. The zero-order chi connectivity index (χ0) is 19.2. The number of nitrogens with zero attached hydrogens (tertiary/aromatic N) is 2. The fourth-order valence-corrected chi connectivity index (χ4v) is 3.24. The maximum absolute atomic E-state index is 12.2. The average molecular weight is 383 g/mol. The molecule has 0 aliphatic carbocycles. The molecule has 3 rings (SSSR count). The zero-order valence-electron chi connectivity index (χ0n) is 14.5. The highest BCUT2D eigenvalue weighted by Crippen LogP contribution is 2.26. The number of anilines is 1. The van der Waals surface area contributed by atoms with Crippen LogP contribution in [0.5, 0.6) is 5.75 Å². The van der Waals surface area contributed by atoms with Gasteiger partial charge in [-0.3, -0.25) is 14.9 Å². The first kappa shape index (κ1) is 18.5. The first-order valence-corrected chi connectivity index (χ1v) is 9.15. The highest BCUT2D eigenvalue weighted by molar-refractivity contribution is 7.13. The molecule has 0 unspecified atom stereocenters. The van der Waals surface area contributed by atoms with Crippen LogP contribution >= 0.6 is 11.3 Å². The van der Waals surface area contributed by atoms with Crippen molar-refractivity contribution >= 4 is 28.6 Å². The highest BCUT2D eigenvalue weighted by atomic mass is 32.1. The molecular weight excluding hydrogens is 366 g/mol. The lowest BCUT2D eigenvalue weighted by Gasteiger charge is -2.04. The van der Waals surface area contributed by atoms with Gasteiger partial charge in [0.05, 0.1) is 23.6 Å². The zero-order valence-corrected chi connectivity index (χ0v) is 15.4. The Labute approximate surface area is 159 Å². The number of carbonyl (C=O) groups is 1. The topological polar surface area (TPSA) is 94.4 Å². The van der Waals surface area contributed by atoms with Gasteiger partial charge in [-0.25, -0.2) is 4.98 Å². The number of hydrogen-bond donors (Lipinski definition) is 1. The van der Waals surface area contributed by atoms with Gasteiger partial charge in [-0.2, -0.15) is 0 Å². The van der Waals surface area contributed by atoms with Gasteiger partial charge in [0.25, 0.3) is 5.69 Å². The number of nitrogens with one attached hydrogen (secondary N) is 1. The van der Waals surface area contributed by atoms with Crippen LogP contribution < -0.4 is 10.1 Å². The minimum absolute atomic E-state index is 0.0208. The molecule has 0 fully saturated rings. The van der Waals surface area contributed by atoms with Gasteiger partial charge in [-0.1, -0.05) is 0 Å². The van der Waals surface area contributed by atoms with Gasteiger partial charge >= 0.3 is 0 Å². The molecule has 2 aromatic carbocycles. The summed E-state index contributed by atoms with van der Waals surface area (Å²) in [5.74, 6) is 0.577. The predicted octanol–water partition coefficient (Wildman–Crippen LogP) is 4.30. The summed E-state index contributed by atoms with van der Waals surface area (Å²) in [7, 11) is 0. The van der Waals surface area contributed by atoms with E-state index in [9.17, 15) is 14.9 Å². The summed E-state index contributed by atoms with van der Waals surface area (Å²) in [5.41, 5.74) is 2.12. The number of carbonyl (C=O) groups excluding carboxylic acids is 1. The minimum Gasteiger partial charge on any atom is -0.494 e. The lowest BCUT2D eigenvalue weighted by atomic mass is 10.2. The van der Waals surface area contributed by atoms with E-state index in [1.165, 1.54) is 35.6 Å². The van der Waals surface area contributed by atoms with Gasteiger partial charge in [0.15, 0.2) is 0 Å². The minimum atomic E-state index is -0.483. The molecule has 0 radical (unpaired) electrons. The summed E-state index contributed by atoms with van der Waals surface area (Å²) in [6.45, 7) is 2.55. The number of hydrogen-bond acceptors (Lipinski definition) is 6. The molecule has 0 spiro atoms. The second-order valence-electron chi connectivity index (χ2n) is 5.63. The van der Waals surface area contributed by atoms with Crippen LogP contribution in [0.4, 0.5) is 11.4 Å². The van der Waals surface area contributed by atoms with Gasteiger partial charge in [-0.15, -0.1) is 11.3 Å². The van der Waals surface area contributed by atoms with Crippen molar-refractivity contribution in [2.75, 3.05) is 11.9 Å². The van der Waals surface area contributed by atoms with Crippen LogP contribution in [-0.2, 0) is 11.2 Å². The molecule has 0 saturated carbocycles. The summed E-state index contributed by atoms with van der Waals surface area (Å²) >= 11 is 1.47. The molecule has 1 N–H and O–H groups in total. The largest absolute Gasteiger partial charge is 0.494 e. The van der Waals surface area contributed by atoms with Crippen molar-refractivity contribution in [2.45, 2.75) is 13.3 Å². The highest BCUT2D eigenvalue weighted by Gasteiger charge is 2.11. The van der Waals surface area contributed by atoms with Crippen LogP contribution in [0.1, 0.15) is 12.6 Å². The summed E-state index contributed by atoms with van der Waals surface area (Å²) in [4.78, 5) is 26.8.